The fraction of sp³-hybridized carbons (Fsp3) is 0.455. The van der Waals surface area contributed by atoms with Crippen LogP contribution in [0.3, 0.4) is 0 Å². The molecule has 1 saturated heterocycles. The number of aliphatic hydroxyl groups is 1. The molecule has 0 aliphatic carbocycles. The van der Waals surface area contributed by atoms with Crippen LogP contribution in [0.4, 0.5) is 0 Å². The molecule has 1 aliphatic rings. The predicted octanol–water partition coefficient (Wildman–Crippen LogP) is 0.848. The summed E-state index contributed by atoms with van der Waals surface area (Å²) in [6.45, 7) is 3.69. The average Bonchev–Trinajstić information content (AvgIpc) is 3.37. The second-order valence-corrected chi connectivity index (χ2v) is 8.65. The van der Waals surface area contributed by atoms with E-state index in [1.54, 1.807) is 18.3 Å². The van der Waals surface area contributed by atoms with Gasteiger partial charge >= 0.3 is 0 Å². The number of benzene rings is 1. The number of rotatable bonds is 8. The standard InChI is InChI=1S/C22H28N4O5S/c1-13-20(32-12-24-13)16-6-4-15(5-7-16)9-23-21(29)18-8-17(27)10-26(18)22(30)14(2)25-19(28)11-31-3/h4-7,12,14,17-18,27H,8-11H2,1-3H3,(H,23,29)(H,25,28)/t14-,17+,18-/m0/s1. The number of β-amino-alcohol motifs (C(OH)–C–C–N with tert-alkyl or cyclic N) is 1. The van der Waals surface area contributed by atoms with Crippen LogP contribution in [-0.2, 0) is 25.7 Å². The van der Waals surface area contributed by atoms with Crippen LogP contribution in [0.2, 0.25) is 0 Å². The Morgan fingerprint density at radius 2 is 2.03 bits per heavy atom. The highest BCUT2D eigenvalue weighted by molar-refractivity contribution is 7.13. The van der Waals surface area contributed by atoms with Gasteiger partial charge in [0.05, 0.1) is 22.2 Å². The van der Waals surface area contributed by atoms with E-state index in [-0.39, 0.29) is 25.5 Å². The van der Waals surface area contributed by atoms with Crippen molar-refractivity contribution in [2.45, 2.75) is 45.0 Å². The first-order valence-electron chi connectivity index (χ1n) is 10.3. The topological polar surface area (TPSA) is 121 Å². The summed E-state index contributed by atoms with van der Waals surface area (Å²) in [5, 5.41) is 15.4. The molecule has 3 amide bonds. The molecule has 2 aromatic rings. The Kier molecular flexibility index (Phi) is 7.94. The zero-order valence-corrected chi connectivity index (χ0v) is 19.1. The normalized spacial score (nSPS) is 18.9. The van der Waals surface area contributed by atoms with Crippen LogP contribution in [0.25, 0.3) is 10.4 Å². The molecule has 10 heteroatoms. The molecular weight excluding hydrogens is 432 g/mol. The van der Waals surface area contributed by atoms with Crippen LogP contribution in [-0.4, -0.2) is 71.2 Å². The molecule has 32 heavy (non-hydrogen) atoms. The largest absolute Gasteiger partial charge is 0.391 e. The van der Waals surface area contributed by atoms with E-state index >= 15 is 0 Å². The van der Waals surface area contributed by atoms with Gasteiger partial charge in [-0.1, -0.05) is 24.3 Å². The zero-order chi connectivity index (χ0) is 23.3. The maximum atomic E-state index is 12.8. The van der Waals surface area contributed by atoms with Gasteiger partial charge in [-0.3, -0.25) is 14.4 Å². The Hall–Kier alpha value is -2.82. The summed E-state index contributed by atoms with van der Waals surface area (Å²) in [7, 11) is 1.39. The van der Waals surface area contributed by atoms with Gasteiger partial charge in [0.2, 0.25) is 17.7 Å². The molecule has 172 valence electrons. The van der Waals surface area contributed by atoms with E-state index in [0.717, 1.165) is 21.7 Å². The highest BCUT2D eigenvalue weighted by Crippen LogP contribution is 2.27. The Morgan fingerprint density at radius 3 is 2.66 bits per heavy atom. The van der Waals surface area contributed by atoms with Gasteiger partial charge in [0.15, 0.2) is 0 Å². The third-order valence-corrected chi connectivity index (χ3v) is 6.29. The molecule has 1 aliphatic heterocycles. The van der Waals surface area contributed by atoms with Gasteiger partial charge in [0, 0.05) is 26.6 Å². The van der Waals surface area contributed by atoms with Crippen molar-refractivity contribution in [3.05, 3.63) is 41.0 Å². The lowest BCUT2D eigenvalue weighted by Gasteiger charge is -2.27. The number of aliphatic hydroxyl groups excluding tert-OH is 1. The first-order chi connectivity index (χ1) is 15.3. The maximum Gasteiger partial charge on any atom is 0.246 e. The number of thiazole rings is 1. The fourth-order valence-corrected chi connectivity index (χ4v) is 4.50. The number of aromatic nitrogens is 1. The summed E-state index contributed by atoms with van der Waals surface area (Å²) in [5.41, 5.74) is 4.78. The van der Waals surface area contributed by atoms with Crippen molar-refractivity contribution in [2.24, 2.45) is 0 Å². The fourth-order valence-electron chi connectivity index (χ4n) is 3.69. The number of aryl methyl sites for hydroxylation is 1. The number of amides is 3. The number of ether oxygens (including phenoxy) is 1. The minimum Gasteiger partial charge on any atom is -0.391 e. The molecule has 0 unspecified atom stereocenters. The van der Waals surface area contributed by atoms with Crippen LogP contribution in [0.1, 0.15) is 24.6 Å². The van der Waals surface area contributed by atoms with Gasteiger partial charge in [-0.2, -0.15) is 0 Å². The van der Waals surface area contributed by atoms with E-state index in [2.05, 4.69) is 15.6 Å². The average molecular weight is 461 g/mol. The number of nitrogens with one attached hydrogen (secondary N) is 2. The zero-order valence-electron chi connectivity index (χ0n) is 18.3. The van der Waals surface area contributed by atoms with Gasteiger partial charge in [0.1, 0.15) is 18.7 Å². The van der Waals surface area contributed by atoms with Crippen molar-refractivity contribution >= 4 is 29.1 Å². The molecule has 9 nitrogen and oxygen atoms in total. The Labute approximate surface area is 190 Å². The van der Waals surface area contributed by atoms with E-state index in [9.17, 15) is 19.5 Å². The second kappa shape index (κ2) is 10.7. The number of hydrogen-bond donors (Lipinski definition) is 3. The van der Waals surface area contributed by atoms with Gasteiger partial charge in [-0.15, -0.1) is 11.3 Å². The summed E-state index contributed by atoms with van der Waals surface area (Å²) >= 11 is 1.58. The molecule has 0 radical (unpaired) electrons. The molecule has 0 bridgehead atoms. The SMILES string of the molecule is COCC(=O)N[C@@H](C)C(=O)N1C[C@H](O)C[C@H]1C(=O)NCc1ccc(-c2scnc2C)cc1. The van der Waals surface area contributed by atoms with Gasteiger partial charge in [-0.05, 0) is 25.0 Å². The van der Waals surface area contributed by atoms with E-state index in [0.29, 0.717) is 6.54 Å². The van der Waals surface area contributed by atoms with Crippen molar-refractivity contribution in [2.75, 3.05) is 20.3 Å². The number of likely N-dealkylation sites (tertiary alicyclic amines) is 1. The van der Waals surface area contributed by atoms with Crippen LogP contribution in [0.15, 0.2) is 29.8 Å². The minimum atomic E-state index is -0.832. The second-order valence-electron chi connectivity index (χ2n) is 7.80. The Balaban J connectivity index is 1.59. The van der Waals surface area contributed by atoms with E-state index in [1.165, 1.54) is 12.0 Å². The smallest absolute Gasteiger partial charge is 0.246 e. The number of nitrogens with zero attached hydrogens (tertiary/aromatic N) is 2. The van der Waals surface area contributed by atoms with Crippen molar-refractivity contribution in [1.82, 2.24) is 20.5 Å². The van der Waals surface area contributed by atoms with Gasteiger partial charge in [0.25, 0.3) is 0 Å². The number of hydrogen-bond acceptors (Lipinski definition) is 7. The summed E-state index contributed by atoms with van der Waals surface area (Å²) in [4.78, 5) is 44.0. The van der Waals surface area contributed by atoms with Crippen LogP contribution in [0, 0.1) is 6.92 Å². The molecule has 1 aromatic heterocycles. The van der Waals surface area contributed by atoms with Crippen molar-refractivity contribution < 1.29 is 24.2 Å². The lowest BCUT2D eigenvalue weighted by atomic mass is 10.1. The van der Waals surface area contributed by atoms with Gasteiger partial charge in [-0.25, -0.2) is 4.98 Å². The lowest BCUT2D eigenvalue weighted by molar-refractivity contribution is -0.141. The molecular formula is C22H28N4O5S. The quantitative estimate of drug-likeness (QED) is 0.537. The van der Waals surface area contributed by atoms with Crippen LogP contribution < -0.4 is 10.6 Å². The molecule has 1 fully saturated rings. The molecule has 0 spiro atoms. The highest BCUT2D eigenvalue weighted by Gasteiger charge is 2.40. The Morgan fingerprint density at radius 1 is 1.31 bits per heavy atom. The monoisotopic (exact) mass is 460 g/mol. The number of carbonyl (C=O) groups excluding carboxylic acids is 3. The predicted molar refractivity (Wildman–Crippen MR) is 120 cm³/mol. The summed E-state index contributed by atoms with van der Waals surface area (Å²) in [6.07, 6.45) is -0.640. The lowest BCUT2D eigenvalue weighted by Crippen LogP contribution is -2.52. The molecule has 0 saturated carbocycles. The first kappa shape index (κ1) is 23.8. The van der Waals surface area contributed by atoms with Crippen LogP contribution >= 0.6 is 11.3 Å². The van der Waals surface area contributed by atoms with Crippen molar-refractivity contribution in [3.63, 3.8) is 0 Å². The third kappa shape index (κ3) is 5.70. The van der Waals surface area contributed by atoms with E-state index in [1.807, 2.05) is 36.7 Å². The maximum absolute atomic E-state index is 12.8. The molecule has 1 aromatic carbocycles. The number of methoxy groups -OCH3 is 1. The molecule has 3 atom stereocenters. The van der Waals surface area contributed by atoms with E-state index in [4.69, 9.17) is 4.74 Å². The van der Waals surface area contributed by atoms with Crippen LogP contribution in [0.5, 0.6) is 0 Å². The Bertz CT molecular complexity index is 961. The van der Waals surface area contributed by atoms with Crippen molar-refractivity contribution in [1.29, 1.82) is 0 Å². The summed E-state index contributed by atoms with van der Waals surface area (Å²) in [5.74, 6) is -1.19. The first-order valence-corrected chi connectivity index (χ1v) is 11.2. The van der Waals surface area contributed by atoms with E-state index < -0.39 is 30.0 Å². The minimum absolute atomic E-state index is 0.0459. The van der Waals surface area contributed by atoms with Gasteiger partial charge < -0.3 is 25.4 Å². The molecule has 2 heterocycles. The highest BCUT2D eigenvalue weighted by atomic mass is 32.1. The van der Waals surface area contributed by atoms with Crippen molar-refractivity contribution in [3.8, 4) is 10.4 Å². The third-order valence-electron chi connectivity index (χ3n) is 5.32. The summed E-state index contributed by atoms with van der Waals surface area (Å²) in [6, 6.07) is 6.23. The molecule has 3 rings (SSSR count). The number of carbonyl (C=O) groups is 3. The molecule has 3 N–H and O–H groups in total. The summed E-state index contributed by atoms with van der Waals surface area (Å²) < 4.78 is 4.75.